The second-order valence-electron chi connectivity index (χ2n) is 4.91. The molecule has 1 aromatic carbocycles. The molecule has 0 aliphatic rings. The lowest BCUT2D eigenvalue weighted by Gasteiger charge is -2.00. The molecule has 4 N–H and O–H groups in total. The Bertz CT molecular complexity index is 971. The zero-order valence-electron chi connectivity index (χ0n) is 13.0. The smallest absolute Gasteiger partial charge is 0.269 e. The largest absolute Gasteiger partial charge is 0.369 e. The van der Waals surface area contributed by atoms with Crippen molar-refractivity contribution in [1.29, 1.82) is 0 Å². The van der Waals surface area contributed by atoms with Gasteiger partial charge in [0.25, 0.3) is 5.69 Å². The number of aryl methyl sites for hydroxylation is 1. The summed E-state index contributed by atoms with van der Waals surface area (Å²) in [7, 11) is 0. The third-order valence-corrected chi connectivity index (χ3v) is 4.22. The fourth-order valence-electron chi connectivity index (χ4n) is 2.25. The SMILES string of the molecule is Cc1csc2nc(-c3ccc([N+](=O)[O-])cc3)c(/C=N/N=C(N)N)n12.Cl. The van der Waals surface area contributed by atoms with E-state index >= 15 is 0 Å². The number of guanidine groups is 1. The highest BCUT2D eigenvalue weighted by molar-refractivity contribution is 7.15. The second kappa shape index (κ2) is 7.28. The number of hydrogen-bond donors (Lipinski definition) is 2. The summed E-state index contributed by atoms with van der Waals surface area (Å²) in [6.07, 6.45) is 1.51. The van der Waals surface area contributed by atoms with Gasteiger partial charge in [0.15, 0.2) is 4.96 Å². The van der Waals surface area contributed by atoms with E-state index < -0.39 is 4.92 Å². The number of aromatic nitrogens is 2. The predicted octanol–water partition coefficient (Wildman–Crippen LogP) is 2.31. The number of nitro groups is 1. The molecule has 3 rings (SSSR count). The fraction of sp³-hybridized carbons (Fsp3) is 0.0714. The standard InChI is InChI=1S/C14H13N7O2S.ClH/c1-8-7-24-14-18-12(9-2-4-10(5-3-9)21(22)23)11(20(8)14)6-17-19-13(15)16;/h2-7H,1H3,(H4,15,16,19);1H/b17-6+;. The molecule has 0 fully saturated rings. The summed E-state index contributed by atoms with van der Waals surface area (Å²) >= 11 is 1.49. The fourth-order valence-corrected chi connectivity index (χ4v) is 3.12. The van der Waals surface area contributed by atoms with Crippen LogP contribution in [0.3, 0.4) is 0 Å². The van der Waals surface area contributed by atoms with E-state index in [1.165, 1.54) is 29.7 Å². The van der Waals surface area contributed by atoms with Gasteiger partial charge in [-0.1, -0.05) is 0 Å². The summed E-state index contributed by atoms with van der Waals surface area (Å²) in [5.41, 5.74) is 13.6. The van der Waals surface area contributed by atoms with Gasteiger partial charge in [-0.25, -0.2) is 4.98 Å². The van der Waals surface area contributed by atoms with Gasteiger partial charge in [0.05, 0.1) is 22.5 Å². The van der Waals surface area contributed by atoms with Crippen LogP contribution in [0.25, 0.3) is 16.2 Å². The van der Waals surface area contributed by atoms with Crippen LogP contribution in [0.15, 0.2) is 39.8 Å². The number of hydrogen-bond acceptors (Lipinski definition) is 6. The average molecular weight is 380 g/mol. The number of nitrogens with zero attached hydrogens (tertiary/aromatic N) is 5. The van der Waals surface area contributed by atoms with E-state index in [-0.39, 0.29) is 24.1 Å². The molecule has 0 saturated heterocycles. The van der Waals surface area contributed by atoms with Crippen molar-refractivity contribution in [1.82, 2.24) is 9.38 Å². The van der Waals surface area contributed by atoms with Gasteiger partial charge < -0.3 is 11.5 Å². The Morgan fingerprint density at radius 2 is 2.04 bits per heavy atom. The molecule has 0 amide bonds. The first-order valence-electron chi connectivity index (χ1n) is 6.80. The molecule has 2 aromatic heterocycles. The Balaban J connectivity index is 0.00000225. The topological polar surface area (TPSA) is 137 Å². The van der Waals surface area contributed by atoms with Gasteiger partial charge in [0.2, 0.25) is 5.96 Å². The number of imidazole rings is 1. The lowest BCUT2D eigenvalue weighted by atomic mass is 10.1. The summed E-state index contributed by atoms with van der Waals surface area (Å²) in [5.74, 6) is -0.147. The van der Waals surface area contributed by atoms with E-state index in [1.54, 1.807) is 12.1 Å². The van der Waals surface area contributed by atoms with Crippen LogP contribution < -0.4 is 11.5 Å². The van der Waals surface area contributed by atoms with Crippen LogP contribution in [-0.2, 0) is 0 Å². The lowest BCUT2D eigenvalue weighted by molar-refractivity contribution is -0.384. The summed E-state index contributed by atoms with van der Waals surface area (Å²) in [4.78, 5) is 15.7. The Morgan fingerprint density at radius 3 is 2.64 bits per heavy atom. The number of non-ortho nitro benzene ring substituents is 1. The van der Waals surface area contributed by atoms with Crippen molar-refractivity contribution in [3.05, 3.63) is 51.1 Å². The van der Waals surface area contributed by atoms with E-state index in [0.717, 1.165) is 16.2 Å². The molecular weight excluding hydrogens is 366 g/mol. The number of halogens is 1. The summed E-state index contributed by atoms with van der Waals surface area (Å²) in [6, 6.07) is 6.18. The second-order valence-corrected chi connectivity index (χ2v) is 5.75. The van der Waals surface area contributed by atoms with Gasteiger partial charge in [-0.3, -0.25) is 14.5 Å². The molecule has 3 aromatic rings. The highest BCUT2D eigenvalue weighted by atomic mass is 35.5. The molecule has 130 valence electrons. The first kappa shape index (κ1) is 18.4. The predicted molar refractivity (Wildman–Crippen MR) is 101 cm³/mol. The van der Waals surface area contributed by atoms with Crippen LogP contribution in [0.5, 0.6) is 0 Å². The van der Waals surface area contributed by atoms with E-state index in [9.17, 15) is 10.1 Å². The zero-order valence-corrected chi connectivity index (χ0v) is 14.6. The van der Waals surface area contributed by atoms with Gasteiger partial charge in [0, 0.05) is 28.8 Å². The van der Waals surface area contributed by atoms with E-state index in [2.05, 4.69) is 15.2 Å². The van der Waals surface area contributed by atoms with Crippen LogP contribution in [0, 0.1) is 17.0 Å². The van der Waals surface area contributed by atoms with Crippen molar-refractivity contribution < 1.29 is 4.92 Å². The first-order valence-corrected chi connectivity index (χ1v) is 7.68. The molecule has 2 heterocycles. The van der Waals surface area contributed by atoms with Crippen molar-refractivity contribution in [3.8, 4) is 11.3 Å². The van der Waals surface area contributed by atoms with Crippen molar-refractivity contribution in [2.75, 3.05) is 0 Å². The molecule has 0 bridgehead atoms. The van der Waals surface area contributed by atoms with E-state index in [1.807, 2.05) is 16.7 Å². The van der Waals surface area contributed by atoms with Gasteiger partial charge in [-0.2, -0.15) is 5.10 Å². The Kier molecular flexibility index (Phi) is 5.35. The normalized spacial score (nSPS) is 10.8. The average Bonchev–Trinajstić information content (AvgIpc) is 3.08. The van der Waals surface area contributed by atoms with Crippen molar-refractivity contribution in [3.63, 3.8) is 0 Å². The van der Waals surface area contributed by atoms with Crippen LogP contribution in [-0.4, -0.2) is 26.5 Å². The highest BCUT2D eigenvalue weighted by Gasteiger charge is 2.16. The number of benzene rings is 1. The molecule has 0 spiro atoms. The monoisotopic (exact) mass is 379 g/mol. The molecule has 0 atom stereocenters. The molecule has 0 aliphatic carbocycles. The lowest BCUT2D eigenvalue weighted by Crippen LogP contribution is -2.21. The quantitative estimate of drug-likeness (QED) is 0.310. The van der Waals surface area contributed by atoms with Crippen molar-refractivity contribution in [2.24, 2.45) is 21.7 Å². The van der Waals surface area contributed by atoms with Gasteiger partial charge in [-0.05, 0) is 19.1 Å². The summed E-state index contributed by atoms with van der Waals surface area (Å²) < 4.78 is 1.92. The minimum absolute atomic E-state index is 0. The van der Waals surface area contributed by atoms with Crippen LogP contribution >= 0.6 is 23.7 Å². The van der Waals surface area contributed by atoms with E-state index in [4.69, 9.17) is 11.5 Å². The molecule has 0 radical (unpaired) electrons. The van der Waals surface area contributed by atoms with Crippen molar-refractivity contribution >= 4 is 46.6 Å². The molecule has 0 aliphatic heterocycles. The summed E-state index contributed by atoms with van der Waals surface area (Å²) in [5, 5.41) is 20.2. The highest BCUT2D eigenvalue weighted by Crippen LogP contribution is 2.28. The third-order valence-electron chi connectivity index (χ3n) is 3.27. The van der Waals surface area contributed by atoms with Gasteiger partial charge in [0.1, 0.15) is 0 Å². The molecule has 0 saturated carbocycles. The Morgan fingerprint density at radius 1 is 1.36 bits per heavy atom. The minimum atomic E-state index is -0.444. The number of fused-ring (bicyclic) bond motifs is 1. The van der Waals surface area contributed by atoms with Crippen molar-refractivity contribution in [2.45, 2.75) is 6.92 Å². The molecule has 11 heteroatoms. The maximum Gasteiger partial charge on any atom is 0.269 e. The summed E-state index contributed by atoms with van der Waals surface area (Å²) in [6.45, 7) is 1.95. The Labute approximate surface area is 152 Å². The molecule has 25 heavy (non-hydrogen) atoms. The van der Waals surface area contributed by atoms with Crippen LogP contribution in [0.2, 0.25) is 0 Å². The van der Waals surface area contributed by atoms with Crippen LogP contribution in [0.4, 0.5) is 5.69 Å². The number of nitro benzene ring substituents is 1. The third kappa shape index (κ3) is 3.59. The number of rotatable bonds is 4. The van der Waals surface area contributed by atoms with Crippen LogP contribution in [0.1, 0.15) is 11.4 Å². The van der Waals surface area contributed by atoms with E-state index in [0.29, 0.717) is 11.4 Å². The first-order chi connectivity index (χ1) is 11.5. The molecule has 0 unspecified atom stereocenters. The maximum absolute atomic E-state index is 10.8. The zero-order chi connectivity index (χ0) is 17.3. The minimum Gasteiger partial charge on any atom is -0.369 e. The molecule has 9 nitrogen and oxygen atoms in total. The van der Waals surface area contributed by atoms with Gasteiger partial charge in [-0.15, -0.1) is 28.8 Å². The van der Waals surface area contributed by atoms with Gasteiger partial charge >= 0.3 is 0 Å². The number of thiazole rings is 1. The number of nitrogens with two attached hydrogens (primary N) is 2. The Hall–Kier alpha value is -2.98. The molecular formula is C14H14ClN7O2S. The maximum atomic E-state index is 10.8.